The van der Waals surface area contributed by atoms with Crippen LogP contribution >= 0.6 is 0 Å². The van der Waals surface area contributed by atoms with Crippen LogP contribution in [-0.4, -0.2) is 53.8 Å². The molecule has 2 atom stereocenters. The molecule has 8 heteroatoms. The van der Waals surface area contributed by atoms with Crippen molar-refractivity contribution in [2.24, 2.45) is 5.41 Å². The van der Waals surface area contributed by atoms with Crippen LogP contribution in [0.3, 0.4) is 0 Å². The lowest BCUT2D eigenvalue weighted by Gasteiger charge is -2.32. The Hall–Kier alpha value is -2.74. The smallest absolute Gasteiger partial charge is 0.257 e. The van der Waals surface area contributed by atoms with Crippen molar-refractivity contribution in [1.29, 1.82) is 0 Å². The lowest BCUT2D eigenvalue weighted by atomic mass is 9.91. The van der Waals surface area contributed by atoms with Gasteiger partial charge in [0.1, 0.15) is 6.04 Å². The minimum atomic E-state index is -0.832. The second-order valence-electron chi connectivity index (χ2n) is 9.43. The summed E-state index contributed by atoms with van der Waals surface area (Å²) in [7, 11) is 0. The van der Waals surface area contributed by atoms with Crippen LogP contribution in [0, 0.1) is 5.41 Å². The largest absolute Gasteiger partial charge is 0.376 e. The first-order valence-electron chi connectivity index (χ1n) is 10.7. The fourth-order valence-electron chi connectivity index (χ4n) is 3.99. The third kappa shape index (κ3) is 5.70. The van der Waals surface area contributed by atoms with Crippen molar-refractivity contribution >= 4 is 35.0 Å². The zero-order valence-electron chi connectivity index (χ0n) is 18.6. The second-order valence-corrected chi connectivity index (χ2v) is 9.43. The van der Waals surface area contributed by atoms with Gasteiger partial charge in [0.25, 0.3) is 5.91 Å². The number of rotatable bonds is 6. The summed E-state index contributed by atoms with van der Waals surface area (Å²) in [6.07, 6.45) is 1.88. The van der Waals surface area contributed by atoms with E-state index in [4.69, 9.17) is 4.74 Å². The van der Waals surface area contributed by atoms with Crippen LogP contribution in [0.1, 0.15) is 53.4 Å². The predicted molar refractivity (Wildman–Crippen MR) is 116 cm³/mol. The third-order valence-corrected chi connectivity index (χ3v) is 5.37. The maximum atomic E-state index is 13.3. The molecule has 0 bridgehead atoms. The van der Waals surface area contributed by atoms with Crippen molar-refractivity contribution in [2.45, 2.75) is 65.5 Å². The normalized spacial score (nSPS) is 21.5. The predicted octanol–water partition coefficient (Wildman–Crippen LogP) is 2.72. The zero-order valence-corrected chi connectivity index (χ0v) is 18.6. The summed E-state index contributed by atoms with van der Waals surface area (Å²) < 4.78 is 5.70. The highest BCUT2D eigenvalue weighted by atomic mass is 16.5. The Bertz CT molecular complexity index is 853. The van der Waals surface area contributed by atoms with Gasteiger partial charge in [-0.25, -0.2) is 4.90 Å². The molecule has 31 heavy (non-hydrogen) atoms. The minimum Gasteiger partial charge on any atom is -0.376 e. The van der Waals surface area contributed by atoms with E-state index in [0.29, 0.717) is 24.5 Å². The summed E-state index contributed by atoms with van der Waals surface area (Å²) in [6.45, 7) is 8.28. The number of anilines is 2. The monoisotopic (exact) mass is 429 g/mol. The molecule has 4 amide bonds. The summed E-state index contributed by atoms with van der Waals surface area (Å²) in [4.78, 5) is 53.0. The molecular weight excluding hydrogens is 398 g/mol. The van der Waals surface area contributed by atoms with Crippen LogP contribution in [0.5, 0.6) is 0 Å². The summed E-state index contributed by atoms with van der Waals surface area (Å²) in [5.74, 6) is -1.10. The standard InChI is InChI=1S/C23H31N3O5/c1-15(27)24-16-7-9-17(10-8-16)26-20(28)12-19(22(26)30)25(14-18-6-5-11-31-18)21(29)13-23(2,3)4/h7-10,18-19H,5-6,11-14H2,1-4H3,(H,24,27). The Morgan fingerprint density at radius 2 is 1.87 bits per heavy atom. The van der Waals surface area contributed by atoms with Gasteiger partial charge >= 0.3 is 0 Å². The zero-order chi connectivity index (χ0) is 22.8. The molecule has 0 radical (unpaired) electrons. The number of ether oxygens (including phenoxy) is 1. The topological polar surface area (TPSA) is 96.0 Å². The van der Waals surface area contributed by atoms with Crippen molar-refractivity contribution in [3.8, 4) is 0 Å². The van der Waals surface area contributed by atoms with Crippen molar-refractivity contribution in [1.82, 2.24) is 4.90 Å². The molecule has 2 unspecified atom stereocenters. The number of nitrogens with zero attached hydrogens (tertiary/aromatic N) is 2. The van der Waals surface area contributed by atoms with Gasteiger partial charge in [0.2, 0.25) is 17.7 Å². The number of imide groups is 1. The summed E-state index contributed by atoms with van der Waals surface area (Å²) >= 11 is 0. The van der Waals surface area contributed by atoms with Gasteiger partial charge in [-0.05, 0) is 42.5 Å². The quantitative estimate of drug-likeness (QED) is 0.702. The van der Waals surface area contributed by atoms with Crippen LogP contribution in [0.2, 0.25) is 0 Å². The number of benzene rings is 1. The molecule has 8 nitrogen and oxygen atoms in total. The van der Waals surface area contributed by atoms with Gasteiger partial charge < -0.3 is 15.0 Å². The lowest BCUT2D eigenvalue weighted by Crippen LogP contribution is -2.49. The van der Waals surface area contributed by atoms with E-state index in [-0.39, 0.29) is 42.1 Å². The van der Waals surface area contributed by atoms with Gasteiger partial charge in [0.15, 0.2) is 0 Å². The molecule has 0 spiro atoms. The van der Waals surface area contributed by atoms with E-state index in [1.165, 1.54) is 6.92 Å². The number of amides is 4. The average Bonchev–Trinajstić information content (AvgIpc) is 3.26. The van der Waals surface area contributed by atoms with Crippen molar-refractivity contribution < 1.29 is 23.9 Å². The first-order chi connectivity index (χ1) is 14.5. The molecular formula is C23H31N3O5. The number of nitrogens with one attached hydrogen (secondary N) is 1. The lowest BCUT2D eigenvalue weighted by molar-refractivity contribution is -0.141. The average molecular weight is 430 g/mol. The highest BCUT2D eigenvalue weighted by Gasteiger charge is 2.45. The highest BCUT2D eigenvalue weighted by Crippen LogP contribution is 2.30. The van der Waals surface area contributed by atoms with Crippen molar-refractivity contribution in [3.63, 3.8) is 0 Å². The molecule has 3 rings (SSSR count). The summed E-state index contributed by atoms with van der Waals surface area (Å²) in [5.41, 5.74) is 0.760. The van der Waals surface area contributed by atoms with E-state index in [1.807, 2.05) is 20.8 Å². The molecule has 2 aliphatic heterocycles. The van der Waals surface area contributed by atoms with Crippen molar-refractivity contribution in [3.05, 3.63) is 24.3 Å². The van der Waals surface area contributed by atoms with E-state index >= 15 is 0 Å². The summed E-state index contributed by atoms with van der Waals surface area (Å²) in [5, 5.41) is 2.65. The van der Waals surface area contributed by atoms with Crippen LogP contribution in [0.4, 0.5) is 11.4 Å². The molecule has 2 heterocycles. The SMILES string of the molecule is CC(=O)Nc1ccc(N2C(=O)CC(N(CC3CCCO3)C(=O)CC(C)(C)C)C2=O)cc1. The second kappa shape index (κ2) is 9.18. The van der Waals surface area contributed by atoms with Gasteiger partial charge in [-0.15, -0.1) is 0 Å². The molecule has 2 aliphatic rings. The van der Waals surface area contributed by atoms with Gasteiger partial charge in [-0.2, -0.15) is 0 Å². The van der Waals surface area contributed by atoms with E-state index in [2.05, 4.69) is 5.32 Å². The van der Waals surface area contributed by atoms with E-state index in [0.717, 1.165) is 17.7 Å². The number of carbonyl (C=O) groups is 4. The number of hydrogen-bond donors (Lipinski definition) is 1. The van der Waals surface area contributed by atoms with Crippen molar-refractivity contribution in [2.75, 3.05) is 23.4 Å². The number of carbonyl (C=O) groups excluding carboxylic acids is 4. The Labute approximate surface area is 182 Å². The fraction of sp³-hybridized carbons (Fsp3) is 0.565. The molecule has 0 aromatic heterocycles. The first kappa shape index (κ1) is 22.9. The molecule has 0 saturated carbocycles. The highest BCUT2D eigenvalue weighted by molar-refractivity contribution is 6.23. The Morgan fingerprint density at radius 1 is 1.19 bits per heavy atom. The Kier molecular flexibility index (Phi) is 6.79. The molecule has 2 saturated heterocycles. The van der Waals surface area contributed by atoms with Crippen LogP contribution in [-0.2, 0) is 23.9 Å². The van der Waals surface area contributed by atoms with Crippen LogP contribution < -0.4 is 10.2 Å². The van der Waals surface area contributed by atoms with Gasteiger partial charge in [0, 0.05) is 32.2 Å². The minimum absolute atomic E-state index is 0.0467. The van der Waals surface area contributed by atoms with E-state index < -0.39 is 11.9 Å². The first-order valence-corrected chi connectivity index (χ1v) is 10.7. The molecule has 2 fully saturated rings. The Morgan fingerprint density at radius 3 is 2.42 bits per heavy atom. The van der Waals surface area contributed by atoms with Gasteiger partial charge in [-0.3, -0.25) is 19.2 Å². The molecule has 168 valence electrons. The van der Waals surface area contributed by atoms with Gasteiger partial charge in [-0.1, -0.05) is 20.8 Å². The maximum absolute atomic E-state index is 13.3. The van der Waals surface area contributed by atoms with Gasteiger partial charge in [0.05, 0.1) is 18.2 Å². The fourth-order valence-corrected chi connectivity index (χ4v) is 3.99. The molecule has 1 N–H and O–H groups in total. The maximum Gasteiger partial charge on any atom is 0.257 e. The van der Waals surface area contributed by atoms with Crippen LogP contribution in [0.15, 0.2) is 24.3 Å². The molecule has 1 aromatic rings. The number of hydrogen-bond acceptors (Lipinski definition) is 5. The summed E-state index contributed by atoms with van der Waals surface area (Å²) in [6, 6.07) is 5.68. The molecule has 1 aromatic carbocycles. The molecule has 0 aliphatic carbocycles. The van der Waals surface area contributed by atoms with E-state index in [1.54, 1.807) is 29.2 Å². The third-order valence-electron chi connectivity index (χ3n) is 5.37. The Balaban J connectivity index is 1.81. The van der Waals surface area contributed by atoms with Crippen LogP contribution in [0.25, 0.3) is 0 Å². The van der Waals surface area contributed by atoms with E-state index in [9.17, 15) is 19.2 Å².